The van der Waals surface area contributed by atoms with Gasteiger partial charge in [0, 0.05) is 5.56 Å². The van der Waals surface area contributed by atoms with Gasteiger partial charge in [-0.3, -0.25) is 0 Å². The molecule has 156 valence electrons. The fourth-order valence-corrected chi connectivity index (χ4v) is 3.72. The maximum atomic E-state index is 6.43. The van der Waals surface area contributed by atoms with Crippen LogP contribution < -0.4 is 4.74 Å². The number of benzene rings is 3. The minimum atomic E-state index is 0.373. The van der Waals surface area contributed by atoms with Crippen molar-refractivity contribution in [3.8, 4) is 17.1 Å². The van der Waals surface area contributed by atoms with E-state index in [-0.39, 0.29) is 0 Å². The van der Waals surface area contributed by atoms with Crippen LogP contribution in [0.3, 0.4) is 0 Å². The smallest absolute Gasteiger partial charge is 0.216 e. The fraction of sp³-hybridized carbons (Fsp3) is 0.0870. The van der Waals surface area contributed by atoms with Gasteiger partial charge in [0.25, 0.3) is 0 Å². The molecule has 4 aromatic rings. The second-order valence-electron chi connectivity index (χ2n) is 6.86. The Labute approximate surface area is 194 Å². The average Bonchev–Trinajstić information content (AvgIpc) is 3.14. The van der Waals surface area contributed by atoms with Crippen molar-refractivity contribution >= 4 is 41.6 Å². The Bertz CT molecular complexity index is 1260. The number of aryl methyl sites for hydroxylation is 1. The molecule has 4 rings (SSSR count). The van der Waals surface area contributed by atoms with Gasteiger partial charge < -0.3 is 4.74 Å². The van der Waals surface area contributed by atoms with Crippen LogP contribution in [0.1, 0.15) is 16.7 Å². The maximum Gasteiger partial charge on any atom is 0.216 e. The summed E-state index contributed by atoms with van der Waals surface area (Å²) in [6.45, 7) is 2.41. The third-order valence-corrected chi connectivity index (χ3v) is 5.35. The molecule has 5 nitrogen and oxygen atoms in total. The highest BCUT2D eigenvalue weighted by atomic mass is 35.5. The average molecular weight is 469 g/mol. The van der Waals surface area contributed by atoms with Gasteiger partial charge in [-0.05, 0) is 42.4 Å². The quantitative estimate of drug-likeness (QED) is 0.253. The summed E-state index contributed by atoms with van der Waals surface area (Å²) in [6, 6.07) is 21.2. The molecular weight excluding hydrogens is 451 g/mol. The van der Waals surface area contributed by atoms with E-state index < -0.39 is 0 Å². The van der Waals surface area contributed by atoms with Gasteiger partial charge in [0.05, 0.1) is 16.3 Å². The third-order valence-electron chi connectivity index (χ3n) is 4.53. The van der Waals surface area contributed by atoms with E-state index in [1.54, 1.807) is 23.0 Å². The molecule has 0 aliphatic rings. The maximum absolute atomic E-state index is 6.43. The summed E-state index contributed by atoms with van der Waals surface area (Å²) in [5.41, 5.74) is 3.82. The fourth-order valence-electron chi connectivity index (χ4n) is 2.93. The van der Waals surface area contributed by atoms with Crippen LogP contribution in [-0.2, 0) is 6.61 Å². The van der Waals surface area contributed by atoms with Gasteiger partial charge in [0.2, 0.25) is 4.77 Å². The van der Waals surface area contributed by atoms with Crippen LogP contribution in [0, 0.1) is 11.7 Å². The summed E-state index contributed by atoms with van der Waals surface area (Å²) in [6.07, 6.45) is 1.62. The SMILES string of the molecule is Cc1ccc(COc2c(Cl)cc(/C=N\n3c(-c4ccccc4)n[nH]c3=S)cc2Cl)cc1. The van der Waals surface area contributed by atoms with E-state index in [4.69, 9.17) is 40.2 Å². The zero-order chi connectivity index (χ0) is 21.8. The highest BCUT2D eigenvalue weighted by Crippen LogP contribution is 2.34. The summed E-state index contributed by atoms with van der Waals surface area (Å²) >= 11 is 18.2. The van der Waals surface area contributed by atoms with E-state index in [1.807, 2.05) is 61.5 Å². The lowest BCUT2D eigenvalue weighted by Crippen LogP contribution is -1.98. The monoisotopic (exact) mass is 468 g/mol. The first-order chi connectivity index (χ1) is 15.0. The topological polar surface area (TPSA) is 55.2 Å². The van der Waals surface area contributed by atoms with E-state index in [0.717, 1.165) is 11.1 Å². The molecule has 0 aliphatic heterocycles. The highest BCUT2D eigenvalue weighted by molar-refractivity contribution is 7.71. The molecule has 3 aromatic carbocycles. The number of nitrogens with one attached hydrogen (secondary N) is 1. The second-order valence-corrected chi connectivity index (χ2v) is 8.06. The summed E-state index contributed by atoms with van der Waals surface area (Å²) in [7, 11) is 0. The van der Waals surface area contributed by atoms with Gasteiger partial charge >= 0.3 is 0 Å². The van der Waals surface area contributed by atoms with E-state index in [2.05, 4.69) is 15.3 Å². The van der Waals surface area contributed by atoms with Gasteiger partial charge in [-0.25, -0.2) is 5.10 Å². The van der Waals surface area contributed by atoms with Crippen molar-refractivity contribution in [2.45, 2.75) is 13.5 Å². The van der Waals surface area contributed by atoms with Crippen LogP contribution in [0.2, 0.25) is 10.0 Å². The number of ether oxygens (including phenoxy) is 1. The number of halogens is 2. The standard InChI is InChI=1S/C23H18Cl2N4OS/c1-15-7-9-16(10-8-15)14-30-21-19(24)11-17(12-20(21)25)13-26-29-22(27-28-23(29)31)18-5-3-2-4-6-18/h2-13H,14H2,1H3,(H,28,31)/b26-13-. The molecule has 0 radical (unpaired) electrons. The minimum absolute atomic E-state index is 0.373. The molecule has 1 aromatic heterocycles. The predicted octanol–water partition coefficient (Wildman–Crippen LogP) is 6.68. The molecule has 0 unspecified atom stereocenters. The molecule has 0 aliphatic carbocycles. The van der Waals surface area contributed by atoms with Crippen LogP contribution in [0.15, 0.2) is 71.8 Å². The molecular formula is C23H18Cl2N4OS. The van der Waals surface area contributed by atoms with Crippen molar-refractivity contribution in [3.05, 3.63) is 98.2 Å². The molecule has 1 heterocycles. The summed E-state index contributed by atoms with van der Waals surface area (Å²) in [5, 5.41) is 12.3. The van der Waals surface area contributed by atoms with Gasteiger partial charge in [0.1, 0.15) is 6.61 Å². The first-order valence-electron chi connectivity index (χ1n) is 9.46. The lowest BCUT2D eigenvalue weighted by molar-refractivity contribution is 0.306. The zero-order valence-corrected chi connectivity index (χ0v) is 18.9. The Morgan fingerprint density at radius 2 is 1.74 bits per heavy atom. The predicted molar refractivity (Wildman–Crippen MR) is 128 cm³/mol. The van der Waals surface area contributed by atoms with Crippen molar-refractivity contribution < 1.29 is 4.74 Å². The van der Waals surface area contributed by atoms with Gasteiger partial charge in [-0.2, -0.15) is 14.9 Å². The van der Waals surface area contributed by atoms with E-state index in [0.29, 0.717) is 38.6 Å². The third kappa shape index (κ3) is 5.05. The number of rotatable bonds is 6. The van der Waals surface area contributed by atoms with Gasteiger partial charge in [-0.1, -0.05) is 83.4 Å². The zero-order valence-electron chi connectivity index (χ0n) is 16.5. The number of aromatic nitrogens is 3. The lowest BCUT2D eigenvalue weighted by atomic mass is 10.2. The van der Waals surface area contributed by atoms with Crippen molar-refractivity contribution in [2.24, 2.45) is 5.10 Å². The Hall–Kier alpha value is -2.93. The molecule has 0 saturated carbocycles. The van der Waals surface area contributed by atoms with E-state index >= 15 is 0 Å². The van der Waals surface area contributed by atoms with Crippen molar-refractivity contribution in [1.82, 2.24) is 14.9 Å². The van der Waals surface area contributed by atoms with Crippen molar-refractivity contribution in [1.29, 1.82) is 0 Å². The Morgan fingerprint density at radius 3 is 2.42 bits per heavy atom. The lowest BCUT2D eigenvalue weighted by Gasteiger charge is -2.11. The minimum Gasteiger partial charge on any atom is -0.486 e. The van der Waals surface area contributed by atoms with Gasteiger partial charge in [-0.15, -0.1) is 0 Å². The van der Waals surface area contributed by atoms with Crippen LogP contribution >= 0.6 is 35.4 Å². The molecule has 0 fully saturated rings. The summed E-state index contributed by atoms with van der Waals surface area (Å²) in [5.74, 6) is 1.04. The second kappa shape index (κ2) is 9.47. The number of nitrogens with zero attached hydrogens (tertiary/aromatic N) is 3. The molecule has 0 bridgehead atoms. The summed E-state index contributed by atoms with van der Waals surface area (Å²) in [4.78, 5) is 0. The summed E-state index contributed by atoms with van der Waals surface area (Å²) < 4.78 is 7.78. The Balaban J connectivity index is 1.55. The van der Waals surface area contributed by atoms with Crippen LogP contribution in [-0.4, -0.2) is 21.1 Å². The first-order valence-corrected chi connectivity index (χ1v) is 10.6. The molecule has 1 N–H and O–H groups in total. The molecule has 31 heavy (non-hydrogen) atoms. The first kappa shape index (κ1) is 21.3. The van der Waals surface area contributed by atoms with Crippen LogP contribution in [0.4, 0.5) is 0 Å². The molecule has 0 atom stereocenters. The van der Waals surface area contributed by atoms with Crippen molar-refractivity contribution in [2.75, 3.05) is 0 Å². The number of hydrogen-bond acceptors (Lipinski definition) is 4. The number of hydrogen-bond donors (Lipinski definition) is 1. The Morgan fingerprint density at radius 1 is 1.06 bits per heavy atom. The molecule has 0 spiro atoms. The van der Waals surface area contributed by atoms with E-state index in [9.17, 15) is 0 Å². The number of H-pyrrole nitrogens is 1. The Kier molecular flexibility index (Phi) is 6.51. The molecule has 0 amide bonds. The largest absolute Gasteiger partial charge is 0.486 e. The van der Waals surface area contributed by atoms with Crippen LogP contribution in [0.5, 0.6) is 5.75 Å². The number of aromatic amines is 1. The van der Waals surface area contributed by atoms with Crippen LogP contribution in [0.25, 0.3) is 11.4 Å². The normalized spacial score (nSPS) is 11.2. The van der Waals surface area contributed by atoms with Gasteiger partial charge in [0.15, 0.2) is 11.6 Å². The molecule has 0 saturated heterocycles. The van der Waals surface area contributed by atoms with E-state index in [1.165, 1.54) is 5.56 Å². The highest BCUT2D eigenvalue weighted by Gasteiger charge is 2.11. The molecule has 8 heteroatoms. The van der Waals surface area contributed by atoms with Crippen molar-refractivity contribution in [3.63, 3.8) is 0 Å².